The number of rotatable bonds is 5. The summed E-state index contributed by atoms with van der Waals surface area (Å²) >= 11 is 0. The number of benzene rings is 1. The smallest absolute Gasteiger partial charge is 0.343 e. The van der Waals surface area contributed by atoms with Crippen molar-refractivity contribution < 1.29 is 18.7 Å². The van der Waals surface area contributed by atoms with E-state index in [0.717, 1.165) is 5.56 Å². The number of hydrogen-bond donors (Lipinski definition) is 0. The number of ketones is 1. The van der Waals surface area contributed by atoms with Crippen LogP contribution in [0, 0.1) is 12.7 Å². The van der Waals surface area contributed by atoms with E-state index in [1.54, 1.807) is 34.0 Å². The van der Waals surface area contributed by atoms with Gasteiger partial charge in [0.2, 0.25) is 5.78 Å². The third-order valence-electron chi connectivity index (χ3n) is 2.49. The Morgan fingerprint density at radius 1 is 1.35 bits per heavy atom. The molecule has 1 aromatic carbocycles. The first-order valence-corrected chi connectivity index (χ1v) is 6.23. The summed E-state index contributed by atoms with van der Waals surface area (Å²) in [7, 11) is 3.33. The molecule has 0 bridgehead atoms. The molecule has 0 fully saturated rings. The van der Waals surface area contributed by atoms with Gasteiger partial charge in [0.05, 0.1) is 12.2 Å². The Morgan fingerprint density at radius 2 is 2.00 bits per heavy atom. The topological polar surface area (TPSA) is 46.6 Å². The minimum atomic E-state index is -0.757. The van der Waals surface area contributed by atoms with Crippen LogP contribution in [0.5, 0.6) is 0 Å². The van der Waals surface area contributed by atoms with E-state index in [-0.39, 0.29) is 17.7 Å². The molecule has 0 aliphatic carbocycles. The van der Waals surface area contributed by atoms with Crippen molar-refractivity contribution in [2.24, 2.45) is 0 Å². The van der Waals surface area contributed by atoms with Crippen LogP contribution in [0.1, 0.15) is 22.8 Å². The minimum Gasteiger partial charge on any atom is -0.462 e. The number of nitrogens with zero attached hydrogens (tertiary/aromatic N) is 1. The summed E-state index contributed by atoms with van der Waals surface area (Å²) in [6.45, 7) is 3.53. The number of ether oxygens (including phenoxy) is 1. The molecule has 0 spiro atoms. The number of Topliss-reactive ketones (excluding diaryl/α,β-unsaturated/α-hetero) is 1. The van der Waals surface area contributed by atoms with E-state index >= 15 is 0 Å². The van der Waals surface area contributed by atoms with Gasteiger partial charge in [-0.15, -0.1) is 0 Å². The second kappa shape index (κ2) is 6.84. The molecule has 0 radical (unpaired) electrons. The fourth-order valence-corrected chi connectivity index (χ4v) is 1.63. The molecule has 0 amide bonds. The van der Waals surface area contributed by atoms with E-state index < -0.39 is 17.6 Å². The molecule has 5 heteroatoms. The van der Waals surface area contributed by atoms with E-state index in [9.17, 15) is 14.0 Å². The van der Waals surface area contributed by atoms with Gasteiger partial charge in [0, 0.05) is 20.3 Å². The van der Waals surface area contributed by atoms with Gasteiger partial charge in [-0.1, -0.05) is 11.6 Å². The van der Waals surface area contributed by atoms with Crippen molar-refractivity contribution in [1.82, 2.24) is 4.90 Å². The molecule has 0 heterocycles. The van der Waals surface area contributed by atoms with E-state index in [0.29, 0.717) is 0 Å². The van der Waals surface area contributed by atoms with Crippen LogP contribution < -0.4 is 0 Å². The number of carbonyl (C=O) groups excluding carboxylic acids is 2. The Morgan fingerprint density at radius 3 is 2.55 bits per heavy atom. The molecule has 0 aliphatic heterocycles. The number of hydrogen-bond acceptors (Lipinski definition) is 4. The molecule has 108 valence electrons. The van der Waals surface area contributed by atoms with E-state index in [2.05, 4.69) is 0 Å². The Bertz CT molecular complexity index is 550. The summed E-state index contributed by atoms with van der Waals surface area (Å²) < 4.78 is 18.6. The maximum Gasteiger partial charge on any atom is 0.343 e. The Balaban J connectivity index is 3.24. The molecule has 0 N–H and O–H groups in total. The lowest BCUT2D eigenvalue weighted by Crippen LogP contribution is -2.20. The quantitative estimate of drug-likeness (QED) is 0.273. The Labute approximate surface area is 117 Å². The third kappa shape index (κ3) is 3.91. The minimum absolute atomic E-state index is 0.133. The van der Waals surface area contributed by atoms with Gasteiger partial charge in [-0.3, -0.25) is 4.79 Å². The van der Waals surface area contributed by atoms with Gasteiger partial charge in [-0.25, -0.2) is 9.18 Å². The first kappa shape index (κ1) is 15.9. The monoisotopic (exact) mass is 279 g/mol. The van der Waals surface area contributed by atoms with E-state index in [1.165, 1.54) is 23.2 Å². The highest BCUT2D eigenvalue weighted by Crippen LogP contribution is 2.16. The maximum atomic E-state index is 13.8. The molecule has 0 atom stereocenters. The van der Waals surface area contributed by atoms with Crippen LogP contribution in [0.25, 0.3) is 0 Å². The predicted molar refractivity (Wildman–Crippen MR) is 73.9 cm³/mol. The van der Waals surface area contributed by atoms with Crippen molar-refractivity contribution in [1.29, 1.82) is 0 Å². The highest BCUT2D eigenvalue weighted by Gasteiger charge is 2.24. The Kier molecular flexibility index (Phi) is 5.43. The summed E-state index contributed by atoms with van der Waals surface area (Å²) in [4.78, 5) is 25.7. The van der Waals surface area contributed by atoms with Crippen LogP contribution in [0.2, 0.25) is 0 Å². The van der Waals surface area contributed by atoms with Gasteiger partial charge in [0.25, 0.3) is 0 Å². The summed E-state index contributed by atoms with van der Waals surface area (Å²) in [5.74, 6) is -2.10. The van der Waals surface area contributed by atoms with Crippen LogP contribution in [0.3, 0.4) is 0 Å². The summed E-state index contributed by atoms with van der Waals surface area (Å²) in [6, 6.07) is 4.19. The largest absolute Gasteiger partial charge is 0.462 e. The summed E-state index contributed by atoms with van der Waals surface area (Å²) in [5.41, 5.74) is 0.412. The van der Waals surface area contributed by atoms with Crippen molar-refractivity contribution in [3.05, 3.63) is 46.9 Å². The first-order chi connectivity index (χ1) is 9.36. The average Bonchev–Trinajstić information content (AvgIpc) is 2.38. The standard InChI is InChI=1S/C15H18FNO3/c1-5-20-15(19)12(9-17(3)4)14(18)11-8-10(2)6-7-13(11)16/h6-9H,5H2,1-4H3. The molecule has 0 aliphatic rings. The number of esters is 1. The zero-order chi connectivity index (χ0) is 15.3. The van der Waals surface area contributed by atoms with Crippen molar-refractivity contribution >= 4 is 11.8 Å². The van der Waals surface area contributed by atoms with Gasteiger partial charge in [0.1, 0.15) is 11.4 Å². The highest BCUT2D eigenvalue weighted by atomic mass is 19.1. The average molecular weight is 279 g/mol. The third-order valence-corrected chi connectivity index (χ3v) is 2.49. The van der Waals surface area contributed by atoms with Gasteiger partial charge in [0.15, 0.2) is 0 Å². The zero-order valence-electron chi connectivity index (χ0n) is 12.1. The number of halogens is 1. The second-order valence-electron chi connectivity index (χ2n) is 4.54. The van der Waals surface area contributed by atoms with E-state index in [1.807, 2.05) is 0 Å². The molecule has 1 aromatic rings. The van der Waals surface area contributed by atoms with Crippen LogP contribution in [0.4, 0.5) is 4.39 Å². The number of carbonyl (C=O) groups is 2. The molecule has 0 saturated heterocycles. The van der Waals surface area contributed by atoms with Crippen LogP contribution >= 0.6 is 0 Å². The van der Waals surface area contributed by atoms with Crippen LogP contribution in [0.15, 0.2) is 30.0 Å². The molecular formula is C15H18FNO3. The summed E-state index contributed by atoms with van der Waals surface area (Å²) in [5, 5.41) is 0. The molecule has 0 saturated carbocycles. The highest BCUT2D eigenvalue weighted by molar-refractivity contribution is 6.24. The Hall–Kier alpha value is -2.17. The number of aryl methyl sites for hydroxylation is 1. The second-order valence-corrected chi connectivity index (χ2v) is 4.54. The molecule has 4 nitrogen and oxygen atoms in total. The molecule has 20 heavy (non-hydrogen) atoms. The molecular weight excluding hydrogens is 261 g/mol. The van der Waals surface area contributed by atoms with Crippen molar-refractivity contribution in [3.63, 3.8) is 0 Å². The summed E-state index contributed by atoms with van der Waals surface area (Å²) in [6.07, 6.45) is 1.34. The molecule has 1 rings (SSSR count). The van der Waals surface area contributed by atoms with Crippen LogP contribution in [-0.2, 0) is 9.53 Å². The van der Waals surface area contributed by atoms with Crippen molar-refractivity contribution in [2.75, 3.05) is 20.7 Å². The van der Waals surface area contributed by atoms with Gasteiger partial charge < -0.3 is 9.64 Å². The predicted octanol–water partition coefficient (Wildman–Crippen LogP) is 2.33. The fraction of sp³-hybridized carbons (Fsp3) is 0.333. The fourth-order valence-electron chi connectivity index (χ4n) is 1.63. The normalized spacial score (nSPS) is 11.2. The zero-order valence-corrected chi connectivity index (χ0v) is 12.1. The maximum absolute atomic E-state index is 13.8. The lowest BCUT2D eigenvalue weighted by molar-refractivity contribution is -0.138. The van der Waals surface area contributed by atoms with Gasteiger partial charge in [-0.2, -0.15) is 0 Å². The van der Waals surface area contributed by atoms with Gasteiger partial charge >= 0.3 is 5.97 Å². The molecule has 0 aromatic heterocycles. The van der Waals surface area contributed by atoms with Crippen molar-refractivity contribution in [3.8, 4) is 0 Å². The lowest BCUT2D eigenvalue weighted by Gasteiger charge is -2.11. The van der Waals surface area contributed by atoms with Crippen molar-refractivity contribution in [2.45, 2.75) is 13.8 Å². The lowest BCUT2D eigenvalue weighted by atomic mass is 10.0. The first-order valence-electron chi connectivity index (χ1n) is 6.23. The SMILES string of the molecule is CCOC(=O)C(=CN(C)C)C(=O)c1cc(C)ccc1F. The molecule has 0 unspecified atom stereocenters. The van der Waals surface area contributed by atoms with E-state index in [4.69, 9.17) is 4.74 Å². The van der Waals surface area contributed by atoms with Gasteiger partial charge in [-0.05, 0) is 26.0 Å². The van der Waals surface area contributed by atoms with Crippen LogP contribution in [-0.4, -0.2) is 37.4 Å².